The topological polar surface area (TPSA) is 81.7 Å². The van der Waals surface area contributed by atoms with Crippen molar-refractivity contribution in [1.29, 1.82) is 0 Å². The summed E-state index contributed by atoms with van der Waals surface area (Å²) in [4.78, 5) is 0. The molecule has 0 aliphatic carbocycles. The van der Waals surface area contributed by atoms with Crippen LogP contribution in [0.15, 0.2) is 24.3 Å². The van der Waals surface area contributed by atoms with E-state index in [1.54, 1.807) is 11.7 Å². The van der Waals surface area contributed by atoms with E-state index in [-0.39, 0.29) is 0 Å². The lowest BCUT2D eigenvalue weighted by Gasteiger charge is -2.03. The Balaban J connectivity index is 2.19. The zero-order valence-corrected chi connectivity index (χ0v) is 7.68. The molecule has 1 aromatic carbocycles. The van der Waals surface area contributed by atoms with Crippen molar-refractivity contribution in [2.24, 2.45) is 7.05 Å². The Morgan fingerprint density at radius 3 is 2.57 bits per heavy atom. The number of benzene rings is 1. The number of aryl methyl sites for hydroxylation is 1. The van der Waals surface area contributed by atoms with Crippen molar-refractivity contribution in [3.05, 3.63) is 24.3 Å². The first-order valence-corrected chi connectivity index (χ1v) is 4.10. The van der Waals surface area contributed by atoms with E-state index in [4.69, 9.17) is 5.73 Å². The van der Waals surface area contributed by atoms with E-state index in [2.05, 4.69) is 20.8 Å². The van der Waals surface area contributed by atoms with Gasteiger partial charge in [0, 0.05) is 18.4 Å². The van der Waals surface area contributed by atoms with Crippen LogP contribution in [0, 0.1) is 0 Å². The third-order valence-corrected chi connectivity index (χ3v) is 1.79. The molecule has 0 saturated heterocycles. The van der Waals surface area contributed by atoms with Crippen LogP contribution in [0.1, 0.15) is 0 Å². The van der Waals surface area contributed by atoms with Crippen LogP contribution in [0.25, 0.3) is 0 Å². The van der Waals surface area contributed by atoms with Gasteiger partial charge in [0.05, 0.1) is 0 Å². The molecule has 6 nitrogen and oxygen atoms in total. The monoisotopic (exact) mass is 190 g/mol. The largest absolute Gasteiger partial charge is 0.399 e. The molecule has 0 bridgehead atoms. The average molecular weight is 190 g/mol. The van der Waals surface area contributed by atoms with Gasteiger partial charge in [-0.2, -0.15) is 0 Å². The maximum atomic E-state index is 5.56. The number of nitrogens with two attached hydrogens (primary N) is 1. The molecule has 0 saturated carbocycles. The third-order valence-electron chi connectivity index (χ3n) is 1.79. The van der Waals surface area contributed by atoms with Crippen LogP contribution in [0.5, 0.6) is 0 Å². The van der Waals surface area contributed by atoms with Crippen LogP contribution in [0.4, 0.5) is 17.3 Å². The molecule has 0 radical (unpaired) electrons. The molecule has 0 spiro atoms. The highest BCUT2D eigenvalue weighted by Crippen LogP contribution is 2.14. The average Bonchev–Trinajstić information content (AvgIpc) is 2.56. The van der Waals surface area contributed by atoms with Gasteiger partial charge in [-0.25, -0.2) is 4.68 Å². The summed E-state index contributed by atoms with van der Waals surface area (Å²) in [6.45, 7) is 0. The molecular formula is C8H10N6. The number of tetrazole rings is 1. The summed E-state index contributed by atoms with van der Waals surface area (Å²) in [6, 6.07) is 7.35. The van der Waals surface area contributed by atoms with Gasteiger partial charge in [-0.05, 0) is 34.7 Å². The second-order valence-corrected chi connectivity index (χ2v) is 2.87. The van der Waals surface area contributed by atoms with Gasteiger partial charge in [-0.15, -0.1) is 0 Å². The normalized spacial score (nSPS) is 10.1. The number of nitrogen functional groups attached to an aromatic ring is 1. The quantitative estimate of drug-likeness (QED) is 0.675. The lowest BCUT2D eigenvalue weighted by atomic mass is 10.3. The Bertz CT molecular complexity index is 418. The van der Waals surface area contributed by atoms with Crippen molar-refractivity contribution < 1.29 is 0 Å². The number of aromatic nitrogens is 4. The van der Waals surface area contributed by atoms with Crippen LogP contribution in [0.3, 0.4) is 0 Å². The van der Waals surface area contributed by atoms with Crippen LogP contribution in [-0.4, -0.2) is 20.2 Å². The molecule has 6 heteroatoms. The highest BCUT2D eigenvalue weighted by atomic mass is 15.6. The molecule has 1 aromatic heterocycles. The molecule has 0 fully saturated rings. The number of hydrogen-bond donors (Lipinski definition) is 2. The summed E-state index contributed by atoms with van der Waals surface area (Å²) < 4.78 is 1.55. The smallest absolute Gasteiger partial charge is 0.247 e. The molecule has 72 valence electrons. The summed E-state index contributed by atoms with van der Waals surface area (Å²) in [5.74, 6) is 0.592. The summed E-state index contributed by atoms with van der Waals surface area (Å²) in [5.41, 5.74) is 7.19. The maximum absolute atomic E-state index is 5.56. The Labute approximate surface area is 80.7 Å². The van der Waals surface area contributed by atoms with Crippen LogP contribution < -0.4 is 11.1 Å². The van der Waals surface area contributed by atoms with E-state index in [0.717, 1.165) is 11.4 Å². The molecule has 0 atom stereocenters. The lowest BCUT2D eigenvalue weighted by Crippen LogP contribution is -2.00. The van der Waals surface area contributed by atoms with Gasteiger partial charge < -0.3 is 11.1 Å². The minimum Gasteiger partial charge on any atom is -0.399 e. The predicted octanol–water partition coefficient (Wildman–Crippen LogP) is 0.536. The minimum absolute atomic E-state index is 0.592. The van der Waals surface area contributed by atoms with Gasteiger partial charge in [-0.1, -0.05) is 5.10 Å². The van der Waals surface area contributed by atoms with E-state index >= 15 is 0 Å². The van der Waals surface area contributed by atoms with Gasteiger partial charge in [0.15, 0.2) is 0 Å². The van der Waals surface area contributed by atoms with Crippen molar-refractivity contribution in [3.8, 4) is 0 Å². The molecule has 0 aliphatic heterocycles. The van der Waals surface area contributed by atoms with Gasteiger partial charge >= 0.3 is 0 Å². The molecule has 1 heterocycles. The van der Waals surface area contributed by atoms with E-state index in [9.17, 15) is 0 Å². The molecule has 2 aromatic rings. The zero-order chi connectivity index (χ0) is 9.97. The summed E-state index contributed by atoms with van der Waals surface area (Å²) in [6.07, 6.45) is 0. The Morgan fingerprint density at radius 2 is 2.00 bits per heavy atom. The van der Waals surface area contributed by atoms with Crippen molar-refractivity contribution in [3.63, 3.8) is 0 Å². The number of nitrogens with one attached hydrogen (secondary N) is 1. The van der Waals surface area contributed by atoms with Gasteiger partial charge in [0.2, 0.25) is 5.95 Å². The number of nitrogens with zero attached hydrogens (tertiary/aromatic N) is 4. The fourth-order valence-electron chi connectivity index (χ4n) is 1.03. The molecule has 3 N–H and O–H groups in total. The van der Waals surface area contributed by atoms with E-state index in [1.165, 1.54) is 0 Å². The fraction of sp³-hybridized carbons (Fsp3) is 0.125. The number of rotatable bonds is 2. The highest BCUT2D eigenvalue weighted by molar-refractivity contribution is 5.56. The summed E-state index contributed by atoms with van der Waals surface area (Å²) >= 11 is 0. The zero-order valence-electron chi connectivity index (χ0n) is 7.68. The van der Waals surface area contributed by atoms with Crippen LogP contribution in [0.2, 0.25) is 0 Å². The van der Waals surface area contributed by atoms with Crippen molar-refractivity contribution in [1.82, 2.24) is 20.2 Å². The fourth-order valence-corrected chi connectivity index (χ4v) is 1.03. The van der Waals surface area contributed by atoms with Crippen LogP contribution in [-0.2, 0) is 7.05 Å². The second kappa shape index (κ2) is 3.33. The van der Waals surface area contributed by atoms with E-state index < -0.39 is 0 Å². The van der Waals surface area contributed by atoms with E-state index in [0.29, 0.717) is 5.95 Å². The Morgan fingerprint density at radius 1 is 1.29 bits per heavy atom. The van der Waals surface area contributed by atoms with Crippen molar-refractivity contribution >= 4 is 17.3 Å². The van der Waals surface area contributed by atoms with E-state index in [1.807, 2.05) is 24.3 Å². The molecule has 0 amide bonds. The van der Waals surface area contributed by atoms with Gasteiger partial charge in [0.1, 0.15) is 0 Å². The summed E-state index contributed by atoms with van der Waals surface area (Å²) in [7, 11) is 1.76. The number of hydrogen-bond acceptors (Lipinski definition) is 5. The molecule has 14 heavy (non-hydrogen) atoms. The maximum Gasteiger partial charge on any atom is 0.247 e. The number of anilines is 3. The first-order chi connectivity index (χ1) is 6.75. The van der Waals surface area contributed by atoms with Gasteiger partial charge in [-0.3, -0.25) is 0 Å². The Kier molecular flexibility index (Phi) is 2.02. The molecular weight excluding hydrogens is 180 g/mol. The SMILES string of the molecule is Cn1nnnc1Nc1ccc(N)cc1. The highest BCUT2D eigenvalue weighted by Gasteiger charge is 2.00. The Hall–Kier alpha value is -2.11. The van der Waals surface area contributed by atoms with Crippen LogP contribution >= 0.6 is 0 Å². The summed E-state index contributed by atoms with van der Waals surface area (Å²) in [5, 5.41) is 14.1. The lowest BCUT2D eigenvalue weighted by molar-refractivity contribution is 0.715. The molecule has 0 unspecified atom stereocenters. The molecule has 0 aliphatic rings. The first kappa shape index (κ1) is 8.49. The predicted molar refractivity (Wildman–Crippen MR) is 52.9 cm³/mol. The molecule has 2 rings (SSSR count). The first-order valence-electron chi connectivity index (χ1n) is 4.10. The standard InChI is InChI=1S/C8H10N6/c1-14-8(11-12-13-14)10-7-4-2-6(9)3-5-7/h2-5H,9H2,1H3,(H,10,11,13). The van der Waals surface area contributed by atoms with Crippen molar-refractivity contribution in [2.75, 3.05) is 11.1 Å². The second-order valence-electron chi connectivity index (χ2n) is 2.87. The minimum atomic E-state index is 0.592. The van der Waals surface area contributed by atoms with Crippen molar-refractivity contribution in [2.45, 2.75) is 0 Å². The van der Waals surface area contributed by atoms with Gasteiger partial charge in [0.25, 0.3) is 0 Å². The third kappa shape index (κ3) is 1.63.